The largest absolute Gasteiger partial charge is 0.333 e. The van der Waals surface area contributed by atoms with Crippen LogP contribution in [-0.2, 0) is 9.05 Å². The average molecular weight is 371 g/mol. The molecule has 0 saturated carbocycles. The van der Waals surface area contributed by atoms with Gasteiger partial charge in [0.2, 0.25) is 0 Å². The fourth-order valence-corrected chi connectivity index (χ4v) is 4.33. The van der Waals surface area contributed by atoms with Crippen molar-refractivity contribution in [2.45, 2.75) is 37.1 Å². The summed E-state index contributed by atoms with van der Waals surface area (Å²) in [5.41, 5.74) is -0.199. The molecule has 1 fully saturated rings. The molecular formula is C13H14Cl3NO3S. The highest BCUT2D eigenvalue weighted by molar-refractivity contribution is 8.13. The second kappa shape index (κ2) is 5.61. The highest BCUT2D eigenvalue weighted by atomic mass is 35.7. The quantitative estimate of drug-likeness (QED) is 0.741. The Morgan fingerprint density at radius 2 is 1.86 bits per heavy atom. The minimum absolute atomic E-state index is 0.0928. The number of carbonyl (C=O) groups excluding carboxylic acids is 1. The lowest BCUT2D eigenvalue weighted by molar-refractivity contribution is 0.0652. The minimum Gasteiger partial charge on any atom is -0.333 e. The Kier molecular flexibility index (Phi) is 4.51. The molecule has 0 aliphatic carbocycles. The number of nitrogens with zero attached hydrogens (tertiary/aromatic N) is 1. The van der Waals surface area contributed by atoms with Gasteiger partial charge in [-0.2, -0.15) is 0 Å². The molecule has 0 aromatic heterocycles. The number of carbonyl (C=O) groups is 1. The van der Waals surface area contributed by atoms with E-state index >= 15 is 0 Å². The van der Waals surface area contributed by atoms with Gasteiger partial charge < -0.3 is 4.90 Å². The lowest BCUT2D eigenvalue weighted by Gasteiger charge is -2.32. The van der Waals surface area contributed by atoms with Crippen LogP contribution in [0.4, 0.5) is 0 Å². The molecule has 1 amide bonds. The molecule has 0 spiro atoms. The highest BCUT2D eigenvalue weighted by Gasteiger charge is 2.37. The Labute approximate surface area is 138 Å². The van der Waals surface area contributed by atoms with Gasteiger partial charge in [0.1, 0.15) is 4.90 Å². The number of likely N-dealkylation sites (tertiary alicyclic amines) is 1. The number of halogens is 3. The van der Waals surface area contributed by atoms with E-state index in [1.165, 1.54) is 6.07 Å². The van der Waals surface area contributed by atoms with E-state index in [9.17, 15) is 13.2 Å². The molecule has 0 radical (unpaired) electrons. The molecule has 0 unspecified atom stereocenters. The summed E-state index contributed by atoms with van der Waals surface area (Å²) in [6.07, 6.45) is 1.77. The van der Waals surface area contributed by atoms with E-state index in [2.05, 4.69) is 0 Å². The van der Waals surface area contributed by atoms with Crippen molar-refractivity contribution in [1.29, 1.82) is 0 Å². The van der Waals surface area contributed by atoms with E-state index in [-0.39, 0.29) is 32.0 Å². The van der Waals surface area contributed by atoms with E-state index in [1.54, 1.807) is 4.90 Å². The van der Waals surface area contributed by atoms with Gasteiger partial charge in [0.05, 0.1) is 15.6 Å². The van der Waals surface area contributed by atoms with Crippen LogP contribution in [0.25, 0.3) is 0 Å². The van der Waals surface area contributed by atoms with Gasteiger partial charge in [-0.3, -0.25) is 4.79 Å². The number of hydrogen-bond donors (Lipinski definition) is 0. The molecule has 1 heterocycles. The van der Waals surface area contributed by atoms with Gasteiger partial charge in [-0.25, -0.2) is 8.42 Å². The molecule has 1 aliphatic heterocycles. The molecule has 0 atom stereocenters. The molecule has 1 aromatic carbocycles. The first-order chi connectivity index (χ1) is 9.54. The third kappa shape index (κ3) is 3.31. The van der Waals surface area contributed by atoms with Crippen LogP contribution in [0.3, 0.4) is 0 Å². The lowest BCUT2D eigenvalue weighted by Crippen LogP contribution is -2.42. The first kappa shape index (κ1) is 16.9. The first-order valence-electron chi connectivity index (χ1n) is 6.30. The van der Waals surface area contributed by atoms with Crippen molar-refractivity contribution in [2.24, 2.45) is 0 Å². The topological polar surface area (TPSA) is 54.5 Å². The van der Waals surface area contributed by atoms with Crippen molar-refractivity contribution < 1.29 is 13.2 Å². The van der Waals surface area contributed by atoms with Crippen LogP contribution in [0.2, 0.25) is 10.0 Å². The van der Waals surface area contributed by atoms with E-state index < -0.39 is 9.05 Å². The van der Waals surface area contributed by atoms with Crippen molar-refractivity contribution in [1.82, 2.24) is 4.90 Å². The van der Waals surface area contributed by atoms with Crippen molar-refractivity contribution in [2.75, 3.05) is 6.54 Å². The van der Waals surface area contributed by atoms with Gasteiger partial charge >= 0.3 is 0 Å². The molecule has 1 saturated heterocycles. The van der Waals surface area contributed by atoms with E-state index in [4.69, 9.17) is 33.9 Å². The highest BCUT2D eigenvalue weighted by Crippen LogP contribution is 2.35. The maximum absolute atomic E-state index is 12.6. The second-order valence-electron chi connectivity index (χ2n) is 5.57. The second-order valence-corrected chi connectivity index (χ2v) is 8.92. The SMILES string of the molecule is CC1(C)CCCN1C(=O)c1cc(S(=O)(=O)Cl)c(Cl)cc1Cl. The van der Waals surface area contributed by atoms with E-state index in [0.29, 0.717) is 6.54 Å². The molecular weight excluding hydrogens is 357 g/mol. The summed E-state index contributed by atoms with van der Waals surface area (Å²) in [5.74, 6) is -0.319. The van der Waals surface area contributed by atoms with Crippen molar-refractivity contribution in [3.63, 3.8) is 0 Å². The Morgan fingerprint density at radius 3 is 2.33 bits per heavy atom. The zero-order valence-electron chi connectivity index (χ0n) is 11.5. The smallest absolute Gasteiger partial charge is 0.262 e. The number of amides is 1. The molecule has 4 nitrogen and oxygen atoms in total. The van der Waals surface area contributed by atoms with Crippen LogP contribution in [0.15, 0.2) is 17.0 Å². The number of benzene rings is 1. The minimum atomic E-state index is -4.05. The molecule has 116 valence electrons. The van der Waals surface area contributed by atoms with Crippen LogP contribution in [0, 0.1) is 0 Å². The van der Waals surface area contributed by atoms with Crippen LogP contribution < -0.4 is 0 Å². The van der Waals surface area contributed by atoms with E-state index in [0.717, 1.165) is 18.9 Å². The third-order valence-corrected chi connectivity index (χ3v) is 5.76. The lowest BCUT2D eigenvalue weighted by atomic mass is 10.0. The fraction of sp³-hybridized carbons (Fsp3) is 0.462. The van der Waals surface area contributed by atoms with E-state index in [1.807, 2.05) is 13.8 Å². The molecule has 21 heavy (non-hydrogen) atoms. The Morgan fingerprint density at radius 1 is 1.24 bits per heavy atom. The molecule has 1 aliphatic rings. The van der Waals surface area contributed by atoms with Gasteiger partial charge in [-0.1, -0.05) is 23.2 Å². The standard InChI is InChI=1S/C13H14Cl3NO3S/c1-13(2)4-3-5-17(13)12(18)8-6-11(21(16,19)20)10(15)7-9(8)14/h6-7H,3-5H2,1-2H3. The number of hydrogen-bond acceptors (Lipinski definition) is 3. The maximum atomic E-state index is 12.6. The van der Waals surface area contributed by atoms with Crippen LogP contribution in [0.1, 0.15) is 37.0 Å². The van der Waals surface area contributed by atoms with Crippen LogP contribution in [-0.4, -0.2) is 31.3 Å². The summed E-state index contributed by atoms with van der Waals surface area (Å²) in [7, 11) is 1.28. The summed E-state index contributed by atoms with van der Waals surface area (Å²) >= 11 is 11.9. The summed E-state index contributed by atoms with van der Waals surface area (Å²) in [6.45, 7) is 4.52. The summed E-state index contributed by atoms with van der Waals surface area (Å²) in [5, 5.41) is 0.00370. The summed E-state index contributed by atoms with van der Waals surface area (Å²) < 4.78 is 23.0. The van der Waals surface area contributed by atoms with Crippen LogP contribution in [0.5, 0.6) is 0 Å². The zero-order chi connectivity index (χ0) is 16.0. The zero-order valence-corrected chi connectivity index (χ0v) is 14.6. The van der Waals surface area contributed by atoms with Crippen molar-refractivity contribution in [3.05, 3.63) is 27.7 Å². The predicted molar refractivity (Wildman–Crippen MR) is 83.9 cm³/mol. The van der Waals surface area contributed by atoms with Gasteiger partial charge in [0.25, 0.3) is 15.0 Å². The Bertz CT molecular complexity index is 701. The molecule has 2 rings (SSSR count). The molecule has 1 aromatic rings. The van der Waals surface area contributed by atoms with Gasteiger partial charge in [0, 0.05) is 22.8 Å². The molecule has 0 bridgehead atoms. The Hall–Kier alpha value is -0.490. The maximum Gasteiger partial charge on any atom is 0.262 e. The molecule has 0 N–H and O–H groups in total. The van der Waals surface area contributed by atoms with Gasteiger partial charge in [0.15, 0.2) is 0 Å². The third-order valence-electron chi connectivity index (χ3n) is 3.66. The van der Waals surface area contributed by atoms with Crippen molar-refractivity contribution >= 4 is 48.8 Å². The normalized spacial score (nSPS) is 18.0. The van der Waals surface area contributed by atoms with Crippen LogP contribution >= 0.6 is 33.9 Å². The fourth-order valence-electron chi connectivity index (χ4n) is 2.51. The predicted octanol–water partition coefficient (Wildman–Crippen LogP) is 3.94. The monoisotopic (exact) mass is 369 g/mol. The summed E-state index contributed by atoms with van der Waals surface area (Å²) in [4.78, 5) is 14.0. The molecule has 8 heteroatoms. The van der Waals surface area contributed by atoms with Gasteiger partial charge in [-0.05, 0) is 38.8 Å². The van der Waals surface area contributed by atoms with Gasteiger partial charge in [-0.15, -0.1) is 0 Å². The Balaban J connectivity index is 2.52. The van der Waals surface area contributed by atoms with Crippen molar-refractivity contribution in [3.8, 4) is 0 Å². The summed E-state index contributed by atoms with van der Waals surface area (Å²) in [6, 6.07) is 2.37. The first-order valence-corrected chi connectivity index (χ1v) is 9.36. The average Bonchev–Trinajstić information content (AvgIpc) is 2.66. The number of rotatable bonds is 2.